The van der Waals surface area contributed by atoms with Gasteiger partial charge in [-0.2, -0.15) is 0 Å². The van der Waals surface area contributed by atoms with E-state index in [2.05, 4.69) is 19.2 Å². The Morgan fingerprint density at radius 1 is 1.56 bits per heavy atom. The first kappa shape index (κ1) is 14.9. The zero-order chi connectivity index (χ0) is 13.2. The van der Waals surface area contributed by atoms with Crippen molar-refractivity contribution >= 4 is 23.3 Å². The molecule has 4 heteroatoms. The molecule has 0 radical (unpaired) electrons. The van der Waals surface area contributed by atoms with E-state index in [0.29, 0.717) is 19.1 Å². The number of carbonyl (C=O) groups is 1. The molecule has 0 unspecified atom stereocenters. The first-order valence-electron chi connectivity index (χ1n) is 6.25. The largest absolute Gasteiger partial charge is 0.381 e. The summed E-state index contributed by atoms with van der Waals surface area (Å²) in [6, 6.07) is 3.95. The van der Waals surface area contributed by atoms with Gasteiger partial charge in [-0.05, 0) is 29.9 Å². The Hall–Kier alpha value is -1.13. The van der Waals surface area contributed by atoms with Crippen LogP contribution in [0.25, 0.3) is 6.08 Å². The van der Waals surface area contributed by atoms with Crippen molar-refractivity contribution in [2.75, 3.05) is 19.8 Å². The molecule has 0 atom stereocenters. The van der Waals surface area contributed by atoms with Crippen LogP contribution in [0.1, 0.15) is 25.1 Å². The molecule has 0 bridgehead atoms. The van der Waals surface area contributed by atoms with Crippen molar-refractivity contribution in [3.63, 3.8) is 0 Å². The molecule has 1 aromatic heterocycles. The van der Waals surface area contributed by atoms with Gasteiger partial charge in [0.1, 0.15) is 0 Å². The van der Waals surface area contributed by atoms with Crippen LogP contribution < -0.4 is 5.32 Å². The molecule has 0 aliphatic rings. The van der Waals surface area contributed by atoms with Gasteiger partial charge in [-0.3, -0.25) is 4.79 Å². The highest BCUT2D eigenvalue weighted by Crippen LogP contribution is 2.09. The molecule has 1 N–H and O–H groups in total. The second-order valence-electron chi connectivity index (χ2n) is 4.46. The standard InChI is InChI=1S/C14H21NO2S/c1-12(2)11-17-9-4-8-15-14(16)7-6-13-5-3-10-18-13/h3,5-7,10,12H,4,8-9,11H2,1-2H3,(H,15,16)/b7-6+. The van der Waals surface area contributed by atoms with E-state index in [-0.39, 0.29) is 5.91 Å². The van der Waals surface area contributed by atoms with E-state index in [0.717, 1.165) is 17.9 Å². The quantitative estimate of drug-likeness (QED) is 0.581. The Balaban J connectivity index is 2.03. The van der Waals surface area contributed by atoms with Crippen LogP contribution in [-0.2, 0) is 9.53 Å². The third kappa shape index (κ3) is 7.25. The van der Waals surface area contributed by atoms with Crippen LogP contribution in [0.3, 0.4) is 0 Å². The number of rotatable bonds is 8. The van der Waals surface area contributed by atoms with Gasteiger partial charge in [0.05, 0.1) is 0 Å². The monoisotopic (exact) mass is 267 g/mol. The molecule has 0 saturated heterocycles. The summed E-state index contributed by atoms with van der Waals surface area (Å²) in [5, 5.41) is 4.82. The third-order valence-corrected chi connectivity index (χ3v) is 3.00. The summed E-state index contributed by atoms with van der Waals surface area (Å²) >= 11 is 1.62. The van der Waals surface area contributed by atoms with E-state index in [4.69, 9.17) is 4.74 Å². The summed E-state index contributed by atoms with van der Waals surface area (Å²) < 4.78 is 5.43. The van der Waals surface area contributed by atoms with Crippen molar-refractivity contribution in [1.82, 2.24) is 5.32 Å². The number of thiophene rings is 1. The number of ether oxygens (including phenoxy) is 1. The lowest BCUT2D eigenvalue weighted by atomic mass is 10.2. The topological polar surface area (TPSA) is 38.3 Å². The zero-order valence-corrected chi connectivity index (χ0v) is 11.8. The van der Waals surface area contributed by atoms with E-state index < -0.39 is 0 Å². The minimum Gasteiger partial charge on any atom is -0.381 e. The number of carbonyl (C=O) groups excluding carboxylic acids is 1. The highest BCUT2D eigenvalue weighted by molar-refractivity contribution is 7.10. The summed E-state index contributed by atoms with van der Waals surface area (Å²) in [5.74, 6) is 0.514. The predicted molar refractivity (Wildman–Crippen MR) is 76.6 cm³/mol. The molecule has 1 heterocycles. The fraction of sp³-hybridized carbons (Fsp3) is 0.500. The first-order valence-corrected chi connectivity index (χ1v) is 7.13. The van der Waals surface area contributed by atoms with Gasteiger partial charge in [0, 0.05) is 30.7 Å². The van der Waals surface area contributed by atoms with Gasteiger partial charge < -0.3 is 10.1 Å². The molecule has 1 rings (SSSR count). The molecular formula is C14H21NO2S. The second kappa shape index (κ2) is 8.89. The molecule has 0 aromatic carbocycles. The summed E-state index contributed by atoms with van der Waals surface area (Å²) in [7, 11) is 0. The summed E-state index contributed by atoms with van der Waals surface area (Å²) in [4.78, 5) is 12.5. The fourth-order valence-electron chi connectivity index (χ4n) is 1.31. The van der Waals surface area contributed by atoms with E-state index >= 15 is 0 Å². The van der Waals surface area contributed by atoms with E-state index in [1.165, 1.54) is 0 Å². The van der Waals surface area contributed by atoms with Gasteiger partial charge in [-0.15, -0.1) is 11.3 Å². The second-order valence-corrected chi connectivity index (χ2v) is 5.44. The number of nitrogens with one attached hydrogen (secondary N) is 1. The van der Waals surface area contributed by atoms with Gasteiger partial charge in [-0.25, -0.2) is 0 Å². The van der Waals surface area contributed by atoms with Crippen molar-refractivity contribution in [3.8, 4) is 0 Å². The molecule has 0 saturated carbocycles. The smallest absolute Gasteiger partial charge is 0.244 e. The molecule has 0 aliphatic carbocycles. The van der Waals surface area contributed by atoms with Crippen LogP contribution in [-0.4, -0.2) is 25.7 Å². The van der Waals surface area contributed by atoms with E-state index in [1.54, 1.807) is 17.4 Å². The van der Waals surface area contributed by atoms with E-state index in [1.807, 2.05) is 23.6 Å². The molecular weight excluding hydrogens is 246 g/mol. The SMILES string of the molecule is CC(C)COCCCNC(=O)/C=C/c1cccs1. The Bertz CT molecular complexity index is 358. The Morgan fingerprint density at radius 2 is 2.39 bits per heavy atom. The van der Waals surface area contributed by atoms with Crippen LogP contribution in [0, 0.1) is 5.92 Å². The van der Waals surface area contributed by atoms with Crippen molar-refractivity contribution in [2.45, 2.75) is 20.3 Å². The number of amides is 1. The molecule has 0 fully saturated rings. The average molecular weight is 267 g/mol. The third-order valence-electron chi connectivity index (χ3n) is 2.16. The predicted octanol–water partition coefficient (Wildman–Crippen LogP) is 2.94. The van der Waals surface area contributed by atoms with Gasteiger partial charge in [-0.1, -0.05) is 19.9 Å². The fourth-order valence-corrected chi connectivity index (χ4v) is 1.93. The Morgan fingerprint density at radius 3 is 3.06 bits per heavy atom. The van der Waals surface area contributed by atoms with Crippen LogP contribution in [0.15, 0.2) is 23.6 Å². The van der Waals surface area contributed by atoms with Crippen molar-refractivity contribution in [1.29, 1.82) is 0 Å². The van der Waals surface area contributed by atoms with Crippen LogP contribution >= 0.6 is 11.3 Å². The lowest BCUT2D eigenvalue weighted by molar-refractivity contribution is -0.116. The average Bonchev–Trinajstić information content (AvgIpc) is 2.83. The zero-order valence-electron chi connectivity index (χ0n) is 11.0. The van der Waals surface area contributed by atoms with Crippen LogP contribution in [0.4, 0.5) is 0 Å². The molecule has 0 aliphatic heterocycles. The maximum atomic E-state index is 11.4. The lowest BCUT2D eigenvalue weighted by Gasteiger charge is -2.06. The highest BCUT2D eigenvalue weighted by atomic mass is 32.1. The van der Waals surface area contributed by atoms with Gasteiger partial charge in [0.25, 0.3) is 0 Å². The Kier molecular flexibility index (Phi) is 7.37. The number of hydrogen-bond donors (Lipinski definition) is 1. The summed E-state index contributed by atoms with van der Waals surface area (Å²) in [5.41, 5.74) is 0. The van der Waals surface area contributed by atoms with Crippen molar-refractivity contribution in [3.05, 3.63) is 28.5 Å². The molecule has 1 amide bonds. The number of hydrogen-bond acceptors (Lipinski definition) is 3. The molecule has 18 heavy (non-hydrogen) atoms. The maximum Gasteiger partial charge on any atom is 0.244 e. The molecule has 100 valence electrons. The molecule has 0 spiro atoms. The summed E-state index contributed by atoms with van der Waals surface area (Å²) in [6.45, 7) is 6.39. The van der Waals surface area contributed by atoms with Gasteiger partial charge in [0.15, 0.2) is 0 Å². The van der Waals surface area contributed by atoms with Crippen LogP contribution in [0.5, 0.6) is 0 Å². The minimum atomic E-state index is -0.0488. The summed E-state index contributed by atoms with van der Waals surface area (Å²) in [6.07, 6.45) is 4.25. The normalized spacial score (nSPS) is 11.3. The van der Waals surface area contributed by atoms with Gasteiger partial charge in [0.2, 0.25) is 5.91 Å². The minimum absolute atomic E-state index is 0.0488. The maximum absolute atomic E-state index is 11.4. The van der Waals surface area contributed by atoms with Crippen molar-refractivity contribution in [2.24, 2.45) is 5.92 Å². The molecule has 1 aromatic rings. The lowest BCUT2D eigenvalue weighted by Crippen LogP contribution is -2.23. The van der Waals surface area contributed by atoms with Crippen LogP contribution in [0.2, 0.25) is 0 Å². The Labute approximate surface area is 113 Å². The van der Waals surface area contributed by atoms with Crippen molar-refractivity contribution < 1.29 is 9.53 Å². The highest BCUT2D eigenvalue weighted by Gasteiger charge is 1.96. The van der Waals surface area contributed by atoms with Gasteiger partial charge >= 0.3 is 0 Å². The molecule has 3 nitrogen and oxygen atoms in total. The first-order chi connectivity index (χ1) is 8.68. The van der Waals surface area contributed by atoms with E-state index in [9.17, 15) is 4.79 Å².